The smallest absolute Gasteiger partial charge is 0.435 e. The highest BCUT2D eigenvalue weighted by Crippen LogP contribution is 2.38. The fourth-order valence-electron chi connectivity index (χ4n) is 3.61. The average molecular weight is 456 g/mol. The molecule has 7 nitrogen and oxygen atoms in total. The Labute approximate surface area is 185 Å². The van der Waals surface area contributed by atoms with E-state index in [9.17, 15) is 22.8 Å². The number of aromatic amines is 1. The second-order valence-electron chi connectivity index (χ2n) is 7.31. The molecule has 33 heavy (non-hydrogen) atoms. The molecule has 0 atom stereocenters. The molecule has 0 bridgehead atoms. The Kier molecular flexibility index (Phi) is 5.67. The number of nitrogens with one attached hydrogen (secondary N) is 2. The Bertz CT molecular complexity index is 1390. The minimum absolute atomic E-state index is 0.00531. The summed E-state index contributed by atoms with van der Waals surface area (Å²) in [5, 5.41) is 6.23. The minimum Gasteiger partial charge on any atom is -0.495 e. The molecule has 2 N–H and O–H groups in total. The Balaban J connectivity index is 1.79. The number of anilines is 1. The molecule has 2 heterocycles. The SMILES string of the molecule is COc1ccccc1NC(=O)Cc1c(C)[nH]c2c(-c3ccccc3)c(C(F)(F)F)nn2c1=O. The standard InChI is InChI=1S/C23H19F3N4O3/c1-13-15(12-18(31)28-16-10-6-7-11-17(16)33-2)22(32)30-21(27-13)19(14-8-4-3-5-9-14)20(29-30)23(24,25)26/h3-11,27H,12H2,1-2H3,(H,28,31). The van der Waals surface area contributed by atoms with Crippen molar-refractivity contribution in [2.24, 2.45) is 0 Å². The molecule has 4 aromatic rings. The van der Waals surface area contributed by atoms with Crippen molar-refractivity contribution in [3.63, 3.8) is 0 Å². The summed E-state index contributed by atoms with van der Waals surface area (Å²) in [4.78, 5) is 28.6. The van der Waals surface area contributed by atoms with Gasteiger partial charge in [0.25, 0.3) is 5.56 Å². The lowest BCUT2D eigenvalue weighted by molar-refractivity contribution is -0.140. The van der Waals surface area contributed by atoms with E-state index in [1.807, 2.05) is 0 Å². The topological polar surface area (TPSA) is 88.5 Å². The highest BCUT2D eigenvalue weighted by molar-refractivity contribution is 5.93. The number of hydrogen-bond acceptors (Lipinski definition) is 4. The number of methoxy groups -OCH3 is 1. The number of H-pyrrole nitrogens is 1. The van der Waals surface area contributed by atoms with Gasteiger partial charge in [-0.25, -0.2) is 0 Å². The van der Waals surface area contributed by atoms with Crippen LogP contribution in [0.1, 0.15) is 17.0 Å². The molecule has 0 spiro atoms. The third kappa shape index (κ3) is 4.19. The van der Waals surface area contributed by atoms with Crippen molar-refractivity contribution in [2.75, 3.05) is 12.4 Å². The summed E-state index contributed by atoms with van der Waals surface area (Å²) < 4.78 is 47.1. The third-order valence-corrected chi connectivity index (χ3v) is 5.14. The van der Waals surface area contributed by atoms with Crippen LogP contribution in [0.5, 0.6) is 5.75 Å². The number of benzene rings is 2. The summed E-state index contributed by atoms with van der Waals surface area (Å²) in [7, 11) is 1.45. The highest BCUT2D eigenvalue weighted by Gasteiger charge is 2.39. The predicted octanol–water partition coefficient (Wildman–Crippen LogP) is 4.21. The van der Waals surface area contributed by atoms with E-state index < -0.39 is 23.3 Å². The minimum atomic E-state index is -4.78. The van der Waals surface area contributed by atoms with Gasteiger partial charge in [-0.2, -0.15) is 22.8 Å². The van der Waals surface area contributed by atoms with Crippen LogP contribution in [0.3, 0.4) is 0 Å². The molecule has 1 amide bonds. The van der Waals surface area contributed by atoms with Gasteiger partial charge in [0.1, 0.15) is 11.4 Å². The predicted molar refractivity (Wildman–Crippen MR) is 116 cm³/mol. The second-order valence-corrected chi connectivity index (χ2v) is 7.31. The number of carbonyl (C=O) groups excluding carboxylic acids is 1. The van der Waals surface area contributed by atoms with Crippen molar-refractivity contribution in [3.05, 3.63) is 81.9 Å². The number of para-hydroxylation sites is 2. The molecule has 0 fully saturated rings. The van der Waals surface area contributed by atoms with Crippen LogP contribution < -0.4 is 15.6 Å². The normalized spacial score (nSPS) is 11.5. The third-order valence-electron chi connectivity index (χ3n) is 5.14. The number of hydrogen-bond donors (Lipinski definition) is 2. The molecule has 0 unspecified atom stereocenters. The molecular formula is C23H19F3N4O3. The molecule has 2 aromatic carbocycles. The largest absolute Gasteiger partial charge is 0.495 e. The van der Waals surface area contributed by atoms with Crippen LogP contribution in [0, 0.1) is 6.92 Å². The summed E-state index contributed by atoms with van der Waals surface area (Å²) in [6.45, 7) is 1.53. The van der Waals surface area contributed by atoms with Crippen molar-refractivity contribution in [2.45, 2.75) is 19.5 Å². The number of aryl methyl sites for hydroxylation is 1. The number of halogens is 3. The summed E-state index contributed by atoms with van der Waals surface area (Å²) in [6.07, 6.45) is -5.15. The maximum absolute atomic E-state index is 13.8. The first-order chi connectivity index (χ1) is 15.7. The van der Waals surface area contributed by atoms with E-state index in [1.165, 1.54) is 26.2 Å². The highest BCUT2D eigenvalue weighted by atomic mass is 19.4. The zero-order valence-electron chi connectivity index (χ0n) is 17.7. The van der Waals surface area contributed by atoms with Gasteiger partial charge in [-0.1, -0.05) is 42.5 Å². The van der Waals surface area contributed by atoms with E-state index in [0.29, 0.717) is 16.0 Å². The number of fused-ring (bicyclic) bond motifs is 1. The van der Waals surface area contributed by atoms with Gasteiger partial charge in [-0.3, -0.25) is 9.59 Å². The number of rotatable bonds is 5. The molecule has 10 heteroatoms. The Morgan fingerprint density at radius 1 is 1.12 bits per heavy atom. The van der Waals surface area contributed by atoms with Gasteiger partial charge in [0, 0.05) is 11.3 Å². The van der Waals surface area contributed by atoms with Crippen molar-refractivity contribution >= 4 is 17.2 Å². The molecule has 4 rings (SSSR count). The zero-order valence-corrected chi connectivity index (χ0v) is 17.7. The average Bonchev–Trinajstić information content (AvgIpc) is 3.17. The van der Waals surface area contributed by atoms with Crippen molar-refractivity contribution in [1.82, 2.24) is 14.6 Å². The van der Waals surface area contributed by atoms with Crippen LogP contribution in [0.25, 0.3) is 16.8 Å². The van der Waals surface area contributed by atoms with E-state index in [1.54, 1.807) is 42.5 Å². The van der Waals surface area contributed by atoms with Crippen LogP contribution in [0.4, 0.5) is 18.9 Å². The second kappa shape index (κ2) is 8.45. The molecule has 0 aliphatic heterocycles. The van der Waals surface area contributed by atoms with E-state index in [0.717, 1.165) is 0 Å². The fraction of sp³-hybridized carbons (Fsp3) is 0.174. The van der Waals surface area contributed by atoms with Crippen LogP contribution in [-0.4, -0.2) is 27.6 Å². The lowest BCUT2D eigenvalue weighted by atomic mass is 10.1. The molecule has 0 saturated heterocycles. The van der Waals surface area contributed by atoms with Gasteiger partial charge < -0.3 is 15.0 Å². The number of alkyl halides is 3. The Morgan fingerprint density at radius 3 is 2.45 bits per heavy atom. The number of nitrogens with zero attached hydrogens (tertiary/aromatic N) is 2. The molecule has 2 aromatic heterocycles. The van der Waals surface area contributed by atoms with E-state index >= 15 is 0 Å². The molecule has 170 valence electrons. The first-order valence-electron chi connectivity index (χ1n) is 9.90. The van der Waals surface area contributed by atoms with Crippen LogP contribution in [0.15, 0.2) is 59.4 Å². The van der Waals surface area contributed by atoms with E-state index in [-0.39, 0.29) is 34.5 Å². The quantitative estimate of drug-likeness (QED) is 0.471. The van der Waals surface area contributed by atoms with Gasteiger partial charge in [0.05, 0.1) is 24.8 Å². The van der Waals surface area contributed by atoms with Crippen LogP contribution >= 0.6 is 0 Å². The van der Waals surface area contributed by atoms with Gasteiger partial charge in [0.2, 0.25) is 5.91 Å². The summed E-state index contributed by atoms with van der Waals surface area (Å²) in [6, 6.07) is 14.6. The van der Waals surface area contributed by atoms with Gasteiger partial charge in [0.15, 0.2) is 5.69 Å². The number of ether oxygens (including phenoxy) is 1. The van der Waals surface area contributed by atoms with E-state index in [4.69, 9.17) is 4.74 Å². The number of amides is 1. The maximum atomic E-state index is 13.8. The van der Waals surface area contributed by atoms with Crippen molar-refractivity contribution < 1.29 is 22.7 Å². The van der Waals surface area contributed by atoms with E-state index in [2.05, 4.69) is 15.4 Å². The van der Waals surface area contributed by atoms with Gasteiger partial charge >= 0.3 is 6.18 Å². The first-order valence-corrected chi connectivity index (χ1v) is 9.90. The Morgan fingerprint density at radius 2 is 1.79 bits per heavy atom. The Hall–Kier alpha value is -4.08. The van der Waals surface area contributed by atoms with Gasteiger partial charge in [-0.05, 0) is 24.6 Å². The first kappa shape index (κ1) is 22.1. The van der Waals surface area contributed by atoms with Crippen molar-refractivity contribution in [3.8, 4) is 16.9 Å². The molecule has 0 radical (unpaired) electrons. The lowest BCUT2D eigenvalue weighted by Crippen LogP contribution is -2.26. The number of carbonyl (C=O) groups is 1. The van der Waals surface area contributed by atoms with Crippen LogP contribution in [0.2, 0.25) is 0 Å². The molecule has 0 aliphatic rings. The zero-order chi connectivity index (χ0) is 23.8. The van der Waals surface area contributed by atoms with Crippen LogP contribution in [-0.2, 0) is 17.4 Å². The molecule has 0 saturated carbocycles. The number of aromatic nitrogens is 3. The van der Waals surface area contributed by atoms with Crippen molar-refractivity contribution in [1.29, 1.82) is 0 Å². The monoisotopic (exact) mass is 456 g/mol. The maximum Gasteiger partial charge on any atom is 0.435 e. The summed E-state index contributed by atoms with van der Waals surface area (Å²) in [5.74, 6) is -0.0970. The molecular weight excluding hydrogens is 437 g/mol. The van der Waals surface area contributed by atoms with Gasteiger partial charge in [-0.15, -0.1) is 0 Å². The summed E-state index contributed by atoms with van der Waals surface area (Å²) in [5.41, 5.74) is -1.36. The molecule has 0 aliphatic carbocycles. The fourth-order valence-corrected chi connectivity index (χ4v) is 3.61. The summed E-state index contributed by atoms with van der Waals surface area (Å²) >= 11 is 0. The lowest BCUT2D eigenvalue weighted by Gasteiger charge is -2.11.